The Morgan fingerprint density at radius 3 is 2.67 bits per heavy atom. The lowest BCUT2D eigenvalue weighted by atomic mass is 10.1. The van der Waals surface area contributed by atoms with E-state index in [1.807, 2.05) is 48.7 Å². The predicted molar refractivity (Wildman–Crippen MR) is 129 cm³/mol. The second kappa shape index (κ2) is 10.6. The summed E-state index contributed by atoms with van der Waals surface area (Å²) >= 11 is 7.25. The molecule has 2 aromatic heterocycles. The van der Waals surface area contributed by atoms with Gasteiger partial charge in [0.25, 0.3) is 0 Å². The number of aryl methyl sites for hydroxylation is 2. The van der Waals surface area contributed by atoms with Crippen LogP contribution in [0, 0.1) is 13.8 Å². The number of furan rings is 1. The van der Waals surface area contributed by atoms with Crippen LogP contribution in [0.4, 0.5) is 5.69 Å². The average molecular weight is 483 g/mol. The molecule has 2 heterocycles. The van der Waals surface area contributed by atoms with Gasteiger partial charge in [0.2, 0.25) is 5.91 Å². The van der Waals surface area contributed by atoms with Gasteiger partial charge >= 0.3 is 0 Å². The van der Waals surface area contributed by atoms with E-state index in [0.29, 0.717) is 28.3 Å². The Labute approximate surface area is 201 Å². The van der Waals surface area contributed by atoms with Gasteiger partial charge in [-0.3, -0.25) is 9.36 Å². The molecule has 0 aliphatic rings. The van der Waals surface area contributed by atoms with Crippen LogP contribution in [-0.2, 0) is 17.9 Å². The first-order valence-electron chi connectivity index (χ1n) is 10.3. The molecule has 0 saturated heterocycles. The highest BCUT2D eigenvalue weighted by atomic mass is 35.5. The molecule has 0 aliphatic carbocycles. The largest absolute Gasteiger partial charge is 0.486 e. The Balaban J connectivity index is 1.44. The minimum Gasteiger partial charge on any atom is -0.486 e. The number of nitrogens with one attached hydrogen (secondary N) is 1. The third-order valence-electron chi connectivity index (χ3n) is 4.99. The molecule has 9 heteroatoms. The molecule has 0 spiro atoms. The second-order valence-electron chi connectivity index (χ2n) is 7.44. The van der Waals surface area contributed by atoms with Crippen LogP contribution < -0.4 is 10.1 Å². The molecule has 7 nitrogen and oxygen atoms in total. The monoisotopic (exact) mass is 482 g/mol. The maximum Gasteiger partial charge on any atom is 0.234 e. The zero-order chi connectivity index (χ0) is 23.2. The second-order valence-corrected chi connectivity index (χ2v) is 8.82. The smallest absolute Gasteiger partial charge is 0.234 e. The van der Waals surface area contributed by atoms with E-state index < -0.39 is 0 Å². The third-order valence-corrected chi connectivity index (χ3v) is 6.21. The fourth-order valence-corrected chi connectivity index (χ4v) is 3.96. The number of halogens is 1. The highest BCUT2D eigenvalue weighted by Crippen LogP contribution is 2.22. The fourth-order valence-electron chi connectivity index (χ4n) is 3.07. The van der Waals surface area contributed by atoms with Gasteiger partial charge in [0.05, 0.1) is 18.6 Å². The van der Waals surface area contributed by atoms with Gasteiger partial charge < -0.3 is 14.5 Å². The maximum absolute atomic E-state index is 12.5. The van der Waals surface area contributed by atoms with Gasteiger partial charge in [-0.15, -0.1) is 10.2 Å². The van der Waals surface area contributed by atoms with E-state index in [4.69, 9.17) is 20.8 Å². The van der Waals surface area contributed by atoms with Crippen LogP contribution in [0.25, 0.3) is 0 Å². The summed E-state index contributed by atoms with van der Waals surface area (Å²) in [5.41, 5.74) is 3.09. The maximum atomic E-state index is 12.5. The van der Waals surface area contributed by atoms with Crippen molar-refractivity contribution in [1.29, 1.82) is 0 Å². The fraction of sp³-hybridized carbons (Fsp3) is 0.208. The number of amides is 1. The van der Waals surface area contributed by atoms with Crippen molar-refractivity contribution in [2.24, 2.45) is 0 Å². The van der Waals surface area contributed by atoms with Crippen LogP contribution >= 0.6 is 23.4 Å². The molecule has 0 radical (unpaired) electrons. The molecule has 0 bridgehead atoms. The van der Waals surface area contributed by atoms with Crippen LogP contribution in [-0.4, -0.2) is 26.4 Å². The topological polar surface area (TPSA) is 82.2 Å². The van der Waals surface area contributed by atoms with Gasteiger partial charge in [0.1, 0.15) is 18.1 Å². The average Bonchev–Trinajstić information content (AvgIpc) is 3.45. The zero-order valence-corrected chi connectivity index (χ0v) is 19.8. The van der Waals surface area contributed by atoms with Gasteiger partial charge in [-0.1, -0.05) is 29.4 Å². The Kier molecular flexibility index (Phi) is 7.36. The summed E-state index contributed by atoms with van der Waals surface area (Å²) in [5, 5.41) is 12.7. The Morgan fingerprint density at radius 1 is 1.12 bits per heavy atom. The first kappa shape index (κ1) is 22.9. The molecule has 4 aromatic rings. The molecular weight excluding hydrogens is 460 g/mol. The number of nitrogens with zero attached hydrogens (tertiary/aromatic N) is 3. The molecule has 33 heavy (non-hydrogen) atoms. The Morgan fingerprint density at radius 2 is 1.94 bits per heavy atom. The lowest BCUT2D eigenvalue weighted by Crippen LogP contribution is -2.15. The van der Waals surface area contributed by atoms with E-state index in [2.05, 4.69) is 15.5 Å². The van der Waals surface area contributed by atoms with Crippen molar-refractivity contribution < 1.29 is 13.9 Å². The number of hydrogen-bond donors (Lipinski definition) is 1. The van der Waals surface area contributed by atoms with E-state index in [-0.39, 0.29) is 18.3 Å². The van der Waals surface area contributed by atoms with Crippen molar-refractivity contribution in [2.75, 3.05) is 11.1 Å². The Hall–Kier alpha value is -3.23. The molecule has 1 amide bonds. The normalized spacial score (nSPS) is 10.9. The summed E-state index contributed by atoms with van der Waals surface area (Å²) in [4.78, 5) is 12.5. The minimum absolute atomic E-state index is 0.116. The summed E-state index contributed by atoms with van der Waals surface area (Å²) in [6.07, 6.45) is 1.62. The molecule has 0 unspecified atom stereocenters. The highest BCUT2D eigenvalue weighted by molar-refractivity contribution is 7.99. The number of carbonyl (C=O) groups excluding carboxylic acids is 1. The molecule has 2 aromatic carbocycles. The molecule has 170 valence electrons. The lowest BCUT2D eigenvalue weighted by molar-refractivity contribution is -0.113. The zero-order valence-electron chi connectivity index (χ0n) is 18.2. The molecule has 0 atom stereocenters. The molecule has 0 fully saturated rings. The molecular formula is C24H23ClN4O3S. The first-order chi connectivity index (χ1) is 16.0. The summed E-state index contributed by atoms with van der Waals surface area (Å²) in [6.45, 7) is 4.70. The number of anilines is 1. The summed E-state index contributed by atoms with van der Waals surface area (Å²) in [7, 11) is 0. The van der Waals surface area contributed by atoms with Gasteiger partial charge in [-0.2, -0.15) is 0 Å². The van der Waals surface area contributed by atoms with Gasteiger partial charge in [0.15, 0.2) is 11.0 Å². The number of aromatic nitrogens is 3. The van der Waals surface area contributed by atoms with Gasteiger partial charge in [0, 0.05) is 10.7 Å². The SMILES string of the molecule is Cc1ccc(NC(=O)CSc2nnc(COc3ccc(Cl)cc3)n2Cc2ccco2)cc1C. The van der Waals surface area contributed by atoms with Crippen molar-refractivity contribution in [3.8, 4) is 5.75 Å². The first-order valence-corrected chi connectivity index (χ1v) is 11.7. The van der Waals surface area contributed by atoms with Crippen LogP contribution in [0.3, 0.4) is 0 Å². The van der Waals surface area contributed by atoms with Gasteiger partial charge in [-0.25, -0.2) is 0 Å². The van der Waals surface area contributed by atoms with Crippen LogP contribution in [0.15, 0.2) is 70.4 Å². The van der Waals surface area contributed by atoms with E-state index in [1.54, 1.807) is 30.5 Å². The van der Waals surface area contributed by atoms with E-state index in [9.17, 15) is 4.79 Å². The number of ether oxygens (including phenoxy) is 1. The molecule has 0 saturated carbocycles. The van der Waals surface area contributed by atoms with E-state index >= 15 is 0 Å². The number of carbonyl (C=O) groups is 1. The van der Waals surface area contributed by atoms with Crippen molar-refractivity contribution >= 4 is 35.0 Å². The summed E-state index contributed by atoms with van der Waals surface area (Å²) in [5.74, 6) is 2.13. The number of thioether (sulfide) groups is 1. The molecule has 0 aliphatic heterocycles. The van der Waals surface area contributed by atoms with Crippen molar-refractivity contribution in [3.63, 3.8) is 0 Å². The van der Waals surface area contributed by atoms with Crippen LogP contribution in [0.1, 0.15) is 22.7 Å². The molecule has 1 N–H and O–H groups in total. The number of rotatable bonds is 9. The van der Waals surface area contributed by atoms with Crippen LogP contribution in [0.5, 0.6) is 5.75 Å². The van der Waals surface area contributed by atoms with Gasteiger partial charge in [-0.05, 0) is 73.5 Å². The van der Waals surface area contributed by atoms with E-state index in [1.165, 1.54) is 17.3 Å². The Bertz CT molecular complexity index is 1220. The lowest BCUT2D eigenvalue weighted by Gasteiger charge is -2.10. The van der Waals surface area contributed by atoms with Crippen molar-refractivity contribution in [2.45, 2.75) is 32.2 Å². The highest BCUT2D eigenvalue weighted by Gasteiger charge is 2.16. The van der Waals surface area contributed by atoms with Crippen molar-refractivity contribution in [1.82, 2.24) is 14.8 Å². The van der Waals surface area contributed by atoms with Crippen LogP contribution in [0.2, 0.25) is 5.02 Å². The summed E-state index contributed by atoms with van der Waals surface area (Å²) in [6, 6.07) is 16.7. The minimum atomic E-state index is -0.116. The number of benzene rings is 2. The van der Waals surface area contributed by atoms with E-state index in [0.717, 1.165) is 17.0 Å². The standard InChI is InChI=1S/C24H23ClN4O3S/c1-16-5-8-19(12-17(16)2)26-23(30)15-33-24-28-27-22(29(24)13-21-4-3-11-31-21)14-32-20-9-6-18(25)7-10-20/h3-12H,13-15H2,1-2H3,(H,26,30). The predicted octanol–water partition coefficient (Wildman–Crippen LogP) is 5.50. The van der Waals surface area contributed by atoms with Crippen molar-refractivity contribution in [3.05, 3.63) is 88.6 Å². The number of hydrogen-bond acceptors (Lipinski definition) is 6. The third kappa shape index (κ3) is 6.18. The molecule has 4 rings (SSSR count). The summed E-state index contributed by atoms with van der Waals surface area (Å²) < 4.78 is 13.2. The quantitative estimate of drug-likeness (QED) is 0.317.